The molecule has 30 heavy (non-hydrogen) atoms. The zero-order valence-electron chi connectivity index (χ0n) is 19.2. The number of hydrogen-bond acceptors (Lipinski definition) is 4. The van der Waals surface area contributed by atoms with Gasteiger partial charge in [-0.1, -0.05) is 26.0 Å². The molecule has 0 saturated carbocycles. The van der Waals surface area contributed by atoms with Crippen LogP contribution in [0.25, 0.3) is 0 Å². The molecule has 2 N–H and O–H groups in total. The second kappa shape index (κ2) is 11.0. The molecule has 8 heteroatoms. The summed E-state index contributed by atoms with van der Waals surface area (Å²) in [6.07, 6.45) is 3.30. The van der Waals surface area contributed by atoms with E-state index in [2.05, 4.69) is 61.5 Å². The van der Waals surface area contributed by atoms with Crippen LogP contribution in [0.3, 0.4) is 0 Å². The number of rotatable bonds is 9. The van der Waals surface area contributed by atoms with Crippen molar-refractivity contribution in [2.45, 2.75) is 53.2 Å². The van der Waals surface area contributed by atoms with E-state index in [0.717, 1.165) is 24.2 Å². The van der Waals surface area contributed by atoms with Gasteiger partial charge in [0.2, 0.25) is 10.0 Å². The van der Waals surface area contributed by atoms with E-state index in [9.17, 15) is 8.42 Å². The summed E-state index contributed by atoms with van der Waals surface area (Å²) < 4.78 is 31.1. The summed E-state index contributed by atoms with van der Waals surface area (Å²) in [6.45, 7) is 11.0. The first-order chi connectivity index (χ1) is 14.1. The molecule has 0 aromatic heterocycles. The molecule has 1 fully saturated rings. The fourth-order valence-corrected chi connectivity index (χ4v) is 4.67. The molecule has 1 aliphatic heterocycles. The van der Waals surface area contributed by atoms with Crippen LogP contribution in [0.4, 0.5) is 0 Å². The Kier molecular flexibility index (Phi) is 8.97. The highest BCUT2D eigenvalue weighted by Crippen LogP contribution is 2.23. The number of benzene rings is 1. The average Bonchev–Trinajstić information content (AvgIpc) is 3.12. The van der Waals surface area contributed by atoms with Crippen LogP contribution < -0.4 is 15.4 Å². The lowest BCUT2D eigenvalue weighted by atomic mass is 10.1. The van der Waals surface area contributed by atoms with Crippen molar-refractivity contribution in [2.24, 2.45) is 16.8 Å². The van der Waals surface area contributed by atoms with Crippen LogP contribution in [0.15, 0.2) is 23.2 Å². The first-order valence-corrected chi connectivity index (χ1v) is 12.6. The predicted octanol–water partition coefficient (Wildman–Crippen LogP) is 2.75. The third-order valence-corrected chi connectivity index (χ3v) is 6.57. The molecule has 0 radical (unpaired) electrons. The van der Waals surface area contributed by atoms with Gasteiger partial charge in [-0.25, -0.2) is 12.7 Å². The molecule has 2 atom stereocenters. The van der Waals surface area contributed by atoms with Gasteiger partial charge in [-0.05, 0) is 50.2 Å². The van der Waals surface area contributed by atoms with Crippen molar-refractivity contribution in [2.75, 3.05) is 32.9 Å². The molecule has 1 aromatic rings. The van der Waals surface area contributed by atoms with Crippen molar-refractivity contribution < 1.29 is 13.2 Å². The van der Waals surface area contributed by atoms with Gasteiger partial charge in [0.25, 0.3) is 0 Å². The summed E-state index contributed by atoms with van der Waals surface area (Å²) in [5.74, 6) is 2.48. The zero-order chi connectivity index (χ0) is 22.3. The van der Waals surface area contributed by atoms with Gasteiger partial charge in [0, 0.05) is 38.8 Å². The summed E-state index contributed by atoms with van der Waals surface area (Å²) in [5, 5.41) is 6.68. The molecule has 2 unspecified atom stereocenters. The van der Waals surface area contributed by atoms with Gasteiger partial charge in [-0.15, -0.1) is 0 Å². The minimum atomic E-state index is -3.11. The van der Waals surface area contributed by atoms with Crippen molar-refractivity contribution in [3.8, 4) is 5.75 Å². The highest BCUT2D eigenvalue weighted by Gasteiger charge is 2.28. The number of aliphatic imine (C=N–C) groups is 1. The van der Waals surface area contributed by atoms with E-state index in [1.165, 1.54) is 11.8 Å². The predicted molar refractivity (Wildman–Crippen MR) is 123 cm³/mol. The largest absolute Gasteiger partial charge is 0.490 e. The summed E-state index contributed by atoms with van der Waals surface area (Å²) in [4.78, 5) is 4.30. The Labute approximate surface area is 182 Å². The highest BCUT2D eigenvalue weighted by atomic mass is 32.2. The van der Waals surface area contributed by atoms with Crippen LogP contribution in [0.5, 0.6) is 5.75 Å². The maximum atomic E-state index is 11.7. The standard InChI is InChI=1S/C22H38N4O3S/c1-16(2)11-18(4)29-21-12-17(3)7-8-20(21)14-25-22(23-5)24-13-19-9-10-26(15-19)30(6,27)28/h7-8,12,16,18-19H,9-11,13-15H2,1-6H3,(H2,23,24,25). The van der Waals surface area contributed by atoms with Crippen molar-refractivity contribution in [1.29, 1.82) is 0 Å². The third kappa shape index (κ3) is 7.80. The first kappa shape index (κ1) is 24.5. The molecule has 7 nitrogen and oxygen atoms in total. The van der Waals surface area contributed by atoms with Crippen LogP contribution in [-0.2, 0) is 16.6 Å². The Morgan fingerprint density at radius 3 is 2.63 bits per heavy atom. The summed E-state index contributed by atoms with van der Waals surface area (Å²) in [6, 6.07) is 6.27. The molecular formula is C22H38N4O3S. The third-order valence-electron chi connectivity index (χ3n) is 5.30. The van der Waals surface area contributed by atoms with Crippen LogP contribution in [0.1, 0.15) is 44.7 Å². The molecular weight excluding hydrogens is 400 g/mol. The highest BCUT2D eigenvalue weighted by molar-refractivity contribution is 7.88. The van der Waals surface area contributed by atoms with E-state index in [0.29, 0.717) is 38.1 Å². The smallest absolute Gasteiger partial charge is 0.211 e. The minimum absolute atomic E-state index is 0.156. The number of aryl methyl sites for hydroxylation is 1. The fraction of sp³-hybridized carbons (Fsp3) is 0.682. The van der Waals surface area contributed by atoms with Crippen LogP contribution >= 0.6 is 0 Å². The number of guanidine groups is 1. The van der Waals surface area contributed by atoms with E-state index >= 15 is 0 Å². The Morgan fingerprint density at radius 2 is 2.03 bits per heavy atom. The van der Waals surface area contributed by atoms with E-state index in [-0.39, 0.29) is 12.0 Å². The zero-order valence-corrected chi connectivity index (χ0v) is 20.1. The Bertz CT molecular complexity index is 824. The molecule has 0 aliphatic carbocycles. The lowest BCUT2D eigenvalue weighted by Crippen LogP contribution is -2.40. The number of nitrogens with one attached hydrogen (secondary N) is 2. The van der Waals surface area contributed by atoms with E-state index in [4.69, 9.17) is 4.74 Å². The van der Waals surface area contributed by atoms with Gasteiger partial charge in [-0.2, -0.15) is 0 Å². The summed E-state index contributed by atoms with van der Waals surface area (Å²) >= 11 is 0. The number of hydrogen-bond donors (Lipinski definition) is 2. The molecule has 2 rings (SSSR count). The number of ether oxygens (including phenoxy) is 1. The average molecular weight is 439 g/mol. The Hall–Kier alpha value is -1.80. The normalized spacial score (nSPS) is 19.2. The second-order valence-electron chi connectivity index (χ2n) is 8.75. The quantitative estimate of drug-likeness (QED) is 0.458. The van der Waals surface area contributed by atoms with E-state index in [1.807, 2.05) is 0 Å². The molecule has 1 aromatic carbocycles. The second-order valence-corrected chi connectivity index (χ2v) is 10.7. The minimum Gasteiger partial charge on any atom is -0.490 e. The van der Waals surface area contributed by atoms with E-state index < -0.39 is 10.0 Å². The molecule has 1 aliphatic rings. The molecule has 1 saturated heterocycles. The number of nitrogens with zero attached hydrogens (tertiary/aromatic N) is 2. The van der Waals surface area contributed by atoms with Crippen molar-refractivity contribution in [3.05, 3.63) is 29.3 Å². The molecule has 0 spiro atoms. The fourth-order valence-electron chi connectivity index (χ4n) is 3.75. The monoisotopic (exact) mass is 438 g/mol. The SMILES string of the molecule is CN=C(NCc1ccc(C)cc1OC(C)CC(C)C)NCC1CCN(S(C)(=O)=O)C1. The van der Waals surface area contributed by atoms with Gasteiger partial charge >= 0.3 is 0 Å². The lowest BCUT2D eigenvalue weighted by molar-refractivity contribution is 0.191. The van der Waals surface area contributed by atoms with Gasteiger partial charge in [0.1, 0.15) is 5.75 Å². The van der Waals surface area contributed by atoms with Crippen LogP contribution in [-0.4, -0.2) is 57.7 Å². The van der Waals surface area contributed by atoms with Crippen molar-refractivity contribution in [1.82, 2.24) is 14.9 Å². The van der Waals surface area contributed by atoms with Gasteiger partial charge in [-0.3, -0.25) is 4.99 Å². The van der Waals surface area contributed by atoms with Crippen molar-refractivity contribution in [3.63, 3.8) is 0 Å². The molecule has 0 bridgehead atoms. The topological polar surface area (TPSA) is 83.0 Å². The maximum absolute atomic E-state index is 11.7. The lowest BCUT2D eigenvalue weighted by Gasteiger charge is -2.21. The molecule has 1 heterocycles. The Morgan fingerprint density at radius 1 is 1.30 bits per heavy atom. The summed E-state index contributed by atoms with van der Waals surface area (Å²) in [7, 11) is -1.37. The Balaban J connectivity index is 1.90. The summed E-state index contributed by atoms with van der Waals surface area (Å²) in [5.41, 5.74) is 2.26. The van der Waals surface area contributed by atoms with E-state index in [1.54, 1.807) is 11.4 Å². The van der Waals surface area contributed by atoms with Crippen LogP contribution in [0.2, 0.25) is 0 Å². The number of sulfonamides is 1. The van der Waals surface area contributed by atoms with Crippen molar-refractivity contribution >= 4 is 16.0 Å². The first-order valence-electron chi connectivity index (χ1n) is 10.7. The van der Waals surface area contributed by atoms with Gasteiger partial charge in [0.15, 0.2) is 5.96 Å². The van der Waals surface area contributed by atoms with Gasteiger partial charge in [0.05, 0.1) is 12.4 Å². The molecule has 170 valence electrons. The van der Waals surface area contributed by atoms with Gasteiger partial charge < -0.3 is 15.4 Å². The maximum Gasteiger partial charge on any atom is 0.211 e. The van der Waals surface area contributed by atoms with Crippen LogP contribution in [0, 0.1) is 18.8 Å². The molecule has 0 amide bonds.